The number of hydrogen-bond donors (Lipinski definition) is 1. The lowest BCUT2D eigenvalue weighted by Gasteiger charge is -2.12. The van der Waals surface area contributed by atoms with Crippen LogP contribution in [0.4, 0.5) is 10.1 Å². The topological polar surface area (TPSA) is 24.9 Å². The van der Waals surface area contributed by atoms with Crippen LogP contribution in [0.3, 0.4) is 0 Å². The van der Waals surface area contributed by atoms with E-state index in [4.69, 9.17) is 23.2 Å². The molecule has 0 amide bonds. The van der Waals surface area contributed by atoms with Crippen LogP contribution in [0, 0.1) is 5.82 Å². The van der Waals surface area contributed by atoms with Gasteiger partial charge in [-0.05, 0) is 29.1 Å². The second kappa shape index (κ2) is 5.88. The number of halogens is 3. The molecule has 0 radical (unpaired) electrons. The summed E-state index contributed by atoms with van der Waals surface area (Å²) >= 11 is 12.0. The zero-order valence-corrected chi connectivity index (χ0v) is 12.4. The Labute approximate surface area is 131 Å². The normalized spacial score (nSPS) is 10.8. The number of anilines is 1. The van der Waals surface area contributed by atoms with E-state index in [1.54, 1.807) is 6.20 Å². The molecule has 0 spiro atoms. The molecule has 0 fully saturated rings. The highest BCUT2D eigenvalue weighted by molar-refractivity contribution is 6.39. The second-order valence-electron chi connectivity index (χ2n) is 4.61. The number of nitrogens with one attached hydrogen (secondary N) is 1. The minimum atomic E-state index is -0.452. The lowest BCUT2D eigenvalue weighted by atomic mass is 10.1. The Morgan fingerprint density at radius 3 is 2.62 bits per heavy atom. The van der Waals surface area contributed by atoms with Crippen LogP contribution >= 0.6 is 23.2 Å². The second-order valence-corrected chi connectivity index (χ2v) is 5.43. The molecule has 2 aromatic carbocycles. The van der Waals surface area contributed by atoms with Gasteiger partial charge in [0.25, 0.3) is 0 Å². The summed E-state index contributed by atoms with van der Waals surface area (Å²) in [5.41, 5.74) is 1.62. The lowest BCUT2D eigenvalue weighted by molar-refractivity contribution is 0.628. The van der Waals surface area contributed by atoms with Crippen molar-refractivity contribution in [2.24, 2.45) is 0 Å². The van der Waals surface area contributed by atoms with E-state index in [2.05, 4.69) is 10.3 Å². The van der Waals surface area contributed by atoms with Gasteiger partial charge in [-0.25, -0.2) is 4.39 Å². The first-order valence-corrected chi connectivity index (χ1v) is 7.11. The van der Waals surface area contributed by atoms with E-state index >= 15 is 0 Å². The van der Waals surface area contributed by atoms with Crippen LogP contribution < -0.4 is 5.32 Å². The highest BCUT2D eigenvalue weighted by Crippen LogP contribution is 2.32. The Kier molecular flexibility index (Phi) is 3.95. The summed E-state index contributed by atoms with van der Waals surface area (Å²) in [5.74, 6) is -0.452. The summed E-state index contributed by atoms with van der Waals surface area (Å²) in [6.07, 6.45) is 3.57. The largest absolute Gasteiger partial charge is 0.379 e. The molecular formula is C16H11Cl2FN2. The van der Waals surface area contributed by atoms with Crippen molar-refractivity contribution in [3.63, 3.8) is 0 Å². The number of hydrogen-bond acceptors (Lipinski definition) is 2. The Bertz CT molecular complexity index is 777. The highest BCUT2D eigenvalue weighted by atomic mass is 35.5. The molecule has 0 atom stereocenters. The van der Waals surface area contributed by atoms with Gasteiger partial charge in [0.15, 0.2) is 0 Å². The third-order valence-corrected chi connectivity index (χ3v) is 3.83. The van der Waals surface area contributed by atoms with Gasteiger partial charge < -0.3 is 5.32 Å². The fourth-order valence-electron chi connectivity index (χ4n) is 2.24. The number of nitrogens with zero attached hydrogens (tertiary/aromatic N) is 1. The van der Waals surface area contributed by atoms with Crippen molar-refractivity contribution in [3.05, 3.63) is 70.2 Å². The fraction of sp³-hybridized carbons (Fsp3) is 0.0625. The van der Waals surface area contributed by atoms with Crippen LogP contribution in [0.15, 0.2) is 48.8 Å². The average molecular weight is 321 g/mol. The van der Waals surface area contributed by atoms with Gasteiger partial charge in [0.05, 0.1) is 15.7 Å². The third-order valence-electron chi connectivity index (χ3n) is 3.23. The molecule has 0 saturated heterocycles. The molecular weight excluding hydrogens is 310 g/mol. The zero-order chi connectivity index (χ0) is 14.8. The monoisotopic (exact) mass is 320 g/mol. The molecule has 0 saturated carbocycles. The first kappa shape index (κ1) is 14.1. The van der Waals surface area contributed by atoms with Crippen molar-refractivity contribution < 1.29 is 4.39 Å². The smallest absolute Gasteiger partial charge is 0.126 e. The van der Waals surface area contributed by atoms with Gasteiger partial charge in [-0.1, -0.05) is 41.4 Å². The molecule has 2 nitrogen and oxygen atoms in total. The van der Waals surface area contributed by atoms with Gasteiger partial charge in [0.1, 0.15) is 5.82 Å². The van der Waals surface area contributed by atoms with E-state index in [1.165, 1.54) is 12.1 Å². The van der Waals surface area contributed by atoms with Gasteiger partial charge in [0, 0.05) is 24.3 Å². The van der Waals surface area contributed by atoms with Crippen molar-refractivity contribution in [2.45, 2.75) is 6.54 Å². The van der Waals surface area contributed by atoms with E-state index < -0.39 is 5.82 Å². The first-order chi connectivity index (χ1) is 10.1. The summed E-state index contributed by atoms with van der Waals surface area (Å²) in [4.78, 5) is 4.11. The van der Waals surface area contributed by atoms with Crippen LogP contribution in [0.25, 0.3) is 10.8 Å². The summed E-state index contributed by atoms with van der Waals surface area (Å²) in [6, 6.07) is 10.4. The molecule has 1 aromatic heterocycles. The molecule has 106 valence electrons. The van der Waals surface area contributed by atoms with E-state index in [1.807, 2.05) is 30.5 Å². The third kappa shape index (κ3) is 2.94. The zero-order valence-electron chi connectivity index (χ0n) is 10.9. The fourth-order valence-corrected chi connectivity index (χ4v) is 2.83. The number of rotatable bonds is 3. The van der Waals surface area contributed by atoms with Crippen molar-refractivity contribution in [1.82, 2.24) is 4.98 Å². The van der Waals surface area contributed by atoms with Crippen LogP contribution in [0.1, 0.15) is 5.56 Å². The average Bonchev–Trinajstić information content (AvgIpc) is 2.46. The first-order valence-electron chi connectivity index (χ1n) is 6.35. The van der Waals surface area contributed by atoms with Gasteiger partial charge in [-0.2, -0.15) is 0 Å². The Balaban J connectivity index is 1.91. The van der Waals surface area contributed by atoms with Crippen LogP contribution in [-0.4, -0.2) is 4.98 Å². The quantitative estimate of drug-likeness (QED) is 0.709. The SMILES string of the molecule is Fc1cc(Cl)c(NCc2cccc3cnccc23)c(Cl)c1. The minimum Gasteiger partial charge on any atom is -0.379 e. The molecule has 3 rings (SSSR count). The molecule has 0 aliphatic heterocycles. The predicted octanol–water partition coefficient (Wildman–Crippen LogP) is 5.29. The van der Waals surface area contributed by atoms with Crippen molar-refractivity contribution in [1.29, 1.82) is 0 Å². The number of benzene rings is 2. The van der Waals surface area contributed by atoms with E-state index in [0.29, 0.717) is 12.2 Å². The predicted molar refractivity (Wildman–Crippen MR) is 85.5 cm³/mol. The molecule has 3 aromatic rings. The van der Waals surface area contributed by atoms with Crippen molar-refractivity contribution in [2.75, 3.05) is 5.32 Å². The summed E-state index contributed by atoms with van der Waals surface area (Å²) in [5, 5.41) is 5.87. The number of fused-ring (bicyclic) bond motifs is 1. The molecule has 1 heterocycles. The standard InChI is InChI=1S/C16H11Cl2FN2/c17-14-6-12(19)7-15(18)16(14)21-9-11-3-1-2-10-8-20-5-4-13(10)11/h1-8,21H,9H2. The van der Waals surface area contributed by atoms with Crippen molar-refractivity contribution in [3.8, 4) is 0 Å². The molecule has 1 N–H and O–H groups in total. The Hall–Kier alpha value is -1.84. The molecule has 21 heavy (non-hydrogen) atoms. The van der Waals surface area contributed by atoms with Crippen LogP contribution in [-0.2, 0) is 6.54 Å². The summed E-state index contributed by atoms with van der Waals surface area (Å²) in [7, 11) is 0. The maximum absolute atomic E-state index is 13.2. The van der Waals surface area contributed by atoms with E-state index in [9.17, 15) is 4.39 Å². The Morgan fingerprint density at radius 1 is 1.10 bits per heavy atom. The van der Waals surface area contributed by atoms with Gasteiger partial charge in [-0.3, -0.25) is 4.98 Å². The molecule has 0 unspecified atom stereocenters. The molecule has 0 aliphatic carbocycles. The summed E-state index contributed by atoms with van der Waals surface area (Å²) in [6.45, 7) is 0.534. The molecule has 0 aliphatic rings. The van der Waals surface area contributed by atoms with E-state index in [-0.39, 0.29) is 10.0 Å². The van der Waals surface area contributed by atoms with E-state index in [0.717, 1.165) is 16.3 Å². The van der Waals surface area contributed by atoms with Crippen LogP contribution in [0.2, 0.25) is 10.0 Å². The van der Waals surface area contributed by atoms with Gasteiger partial charge >= 0.3 is 0 Å². The molecule has 0 bridgehead atoms. The Morgan fingerprint density at radius 2 is 1.86 bits per heavy atom. The highest BCUT2D eigenvalue weighted by Gasteiger charge is 2.09. The maximum atomic E-state index is 13.2. The van der Waals surface area contributed by atoms with Crippen LogP contribution in [0.5, 0.6) is 0 Å². The van der Waals surface area contributed by atoms with Gasteiger partial charge in [0.2, 0.25) is 0 Å². The molecule has 5 heteroatoms. The number of aromatic nitrogens is 1. The minimum absolute atomic E-state index is 0.266. The number of pyridine rings is 1. The maximum Gasteiger partial charge on any atom is 0.126 e. The summed E-state index contributed by atoms with van der Waals surface area (Å²) < 4.78 is 13.2. The van der Waals surface area contributed by atoms with Crippen molar-refractivity contribution >= 4 is 39.7 Å². The van der Waals surface area contributed by atoms with Gasteiger partial charge in [-0.15, -0.1) is 0 Å². The lowest BCUT2D eigenvalue weighted by Crippen LogP contribution is -2.02.